The van der Waals surface area contributed by atoms with Crippen LogP contribution < -0.4 is 4.74 Å². The van der Waals surface area contributed by atoms with Gasteiger partial charge in [0.1, 0.15) is 11.9 Å². The first-order chi connectivity index (χ1) is 9.69. The van der Waals surface area contributed by atoms with Crippen molar-refractivity contribution in [3.63, 3.8) is 0 Å². The molecule has 1 aliphatic rings. The SMILES string of the molecule is COCCN1CCC(Oc2ccc(C(C)C)cc2)CC1. The van der Waals surface area contributed by atoms with Crippen molar-refractivity contribution in [1.29, 1.82) is 0 Å². The van der Waals surface area contributed by atoms with Crippen LogP contribution in [-0.4, -0.2) is 44.4 Å². The van der Waals surface area contributed by atoms with Crippen LogP contribution in [-0.2, 0) is 4.74 Å². The molecule has 3 nitrogen and oxygen atoms in total. The molecule has 112 valence electrons. The average molecular weight is 277 g/mol. The second kappa shape index (κ2) is 7.65. The normalized spacial score (nSPS) is 17.6. The van der Waals surface area contributed by atoms with Crippen molar-refractivity contribution in [2.75, 3.05) is 33.4 Å². The van der Waals surface area contributed by atoms with Crippen molar-refractivity contribution in [3.05, 3.63) is 29.8 Å². The zero-order chi connectivity index (χ0) is 14.4. The van der Waals surface area contributed by atoms with Gasteiger partial charge in [0.15, 0.2) is 0 Å². The Morgan fingerprint density at radius 2 is 1.80 bits per heavy atom. The molecule has 1 fully saturated rings. The molecular weight excluding hydrogens is 250 g/mol. The van der Waals surface area contributed by atoms with Gasteiger partial charge in [0.25, 0.3) is 0 Å². The van der Waals surface area contributed by atoms with E-state index in [4.69, 9.17) is 9.47 Å². The van der Waals surface area contributed by atoms with Crippen molar-refractivity contribution in [3.8, 4) is 5.75 Å². The molecule has 0 spiro atoms. The number of hydrogen-bond donors (Lipinski definition) is 0. The average Bonchev–Trinajstić information content (AvgIpc) is 2.47. The van der Waals surface area contributed by atoms with Crippen molar-refractivity contribution in [1.82, 2.24) is 4.90 Å². The van der Waals surface area contributed by atoms with E-state index in [2.05, 4.69) is 43.0 Å². The van der Waals surface area contributed by atoms with Gasteiger partial charge < -0.3 is 14.4 Å². The monoisotopic (exact) mass is 277 g/mol. The number of benzene rings is 1. The van der Waals surface area contributed by atoms with Crippen LogP contribution in [0.1, 0.15) is 38.2 Å². The van der Waals surface area contributed by atoms with Crippen LogP contribution in [0.2, 0.25) is 0 Å². The Kier molecular flexibility index (Phi) is 5.86. The summed E-state index contributed by atoms with van der Waals surface area (Å²) in [5.41, 5.74) is 1.37. The van der Waals surface area contributed by atoms with Crippen molar-refractivity contribution >= 4 is 0 Å². The lowest BCUT2D eigenvalue weighted by molar-refractivity contribution is 0.0797. The molecule has 2 rings (SSSR count). The largest absolute Gasteiger partial charge is 0.490 e. The van der Waals surface area contributed by atoms with Gasteiger partial charge in [0.2, 0.25) is 0 Å². The smallest absolute Gasteiger partial charge is 0.119 e. The van der Waals surface area contributed by atoms with Crippen LogP contribution in [0.5, 0.6) is 5.75 Å². The maximum absolute atomic E-state index is 6.08. The van der Waals surface area contributed by atoms with E-state index in [9.17, 15) is 0 Å². The van der Waals surface area contributed by atoms with Crippen molar-refractivity contribution in [2.24, 2.45) is 0 Å². The summed E-state index contributed by atoms with van der Waals surface area (Å²) in [7, 11) is 1.76. The fourth-order valence-electron chi connectivity index (χ4n) is 2.59. The molecule has 1 aromatic carbocycles. The van der Waals surface area contributed by atoms with Crippen molar-refractivity contribution in [2.45, 2.75) is 38.7 Å². The molecule has 0 radical (unpaired) electrons. The Morgan fingerprint density at radius 1 is 1.15 bits per heavy atom. The fourth-order valence-corrected chi connectivity index (χ4v) is 2.59. The lowest BCUT2D eigenvalue weighted by Gasteiger charge is -2.31. The van der Waals surface area contributed by atoms with E-state index >= 15 is 0 Å². The third kappa shape index (κ3) is 4.50. The highest BCUT2D eigenvalue weighted by Crippen LogP contribution is 2.22. The molecule has 0 N–H and O–H groups in total. The first kappa shape index (κ1) is 15.3. The number of methoxy groups -OCH3 is 1. The van der Waals surface area contributed by atoms with Gasteiger partial charge >= 0.3 is 0 Å². The van der Waals surface area contributed by atoms with Gasteiger partial charge in [0.05, 0.1) is 6.61 Å². The molecule has 0 saturated carbocycles. The van der Waals surface area contributed by atoms with Gasteiger partial charge in [-0.2, -0.15) is 0 Å². The first-order valence-corrected chi connectivity index (χ1v) is 7.67. The minimum atomic E-state index is 0.360. The van der Waals surface area contributed by atoms with Crippen molar-refractivity contribution < 1.29 is 9.47 Å². The van der Waals surface area contributed by atoms with E-state index in [1.807, 2.05) is 0 Å². The van der Waals surface area contributed by atoms with Gasteiger partial charge in [0, 0.05) is 26.7 Å². The molecule has 20 heavy (non-hydrogen) atoms. The molecule has 3 heteroatoms. The molecule has 0 aromatic heterocycles. The summed E-state index contributed by atoms with van der Waals surface area (Å²) in [5, 5.41) is 0. The van der Waals surface area contributed by atoms with Gasteiger partial charge in [-0.1, -0.05) is 26.0 Å². The Morgan fingerprint density at radius 3 is 2.35 bits per heavy atom. The van der Waals surface area contributed by atoms with E-state index in [1.54, 1.807) is 7.11 Å². The molecule has 0 bridgehead atoms. The van der Waals surface area contributed by atoms with Gasteiger partial charge in [-0.25, -0.2) is 0 Å². The molecule has 0 atom stereocenters. The highest BCUT2D eigenvalue weighted by molar-refractivity contribution is 5.29. The third-order valence-corrected chi connectivity index (χ3v) is 4.00. The summed E-state index contributed by atoms with van der Waals surface area (Å²) in [6.45, 7) is 8.50. The van der Waals surface area contributed by atoms with Gasteiger partial charge in [-0.15, -0.1) is 0 Å². The summed E-state index contributed by atoms with van der Waals surface area (Å²) in [6.07, 6.45) is 2.57. The molecular formula is C17H27NO2. The van der Waals surface area contributed by atoms with E-state index in [-0.39, 0.29) is 0 Å². The summed E-state index contributed by atoms with van der Waals surface area (Å²) in [5.74, 6) is 1.58. The molecule has 1 saturated heterocycles. The van der Waals surface area contributed by atoms with Gasteiger partial charge in [-0.05, 0) is 36.5 Å². The quantitative estimate of drug-likeness (QED) is 0.796. The van der Waals surface area contributed by atoms with Gasteiger partial charge in [-0.3, -0.25) is 0 Å². The Balaban J connectivity index is 1.77. The maximum Gasteiger partial charge on any atom is 0.119 e. The number of piperidine rings is 1. The first-order valence-electron chi connectivity index (χ1n) is 7.67. The zero-order valence-corrected chi connectivity index (χ0v) is 13.0. The van der Waals surface area contributed by atoms with E-state index in [0.29, 0.717) is 12.0 Å². The highest BCUT2D eigenvalue weighted by atomic mass is 16.5. The number of rotatable bonds is 6. The highest BCUT2D eigenvalue weighted by Gasteiger charge is 2.20. The molecule has 1 aromatic rings. The summed E-state index contributed by atoms with van der Waals surface area (Å²) in [4.78, 5) is 2.45. The number of ether oxygens (including phenoxy) is 2. The Hall–Kier alpha value is -1.06. The van der Waals surface area contributed by atoms with Crippen LogP contribution in [0.4, 0.5) is 0 Å². The summed E-state index contributed by atoms with van der Waals surface area (Å²) in [6, 6.07) is 8.56. The second-order valence-electron chi connectivity index (χ2n) is 5.88. The van der Waals surface area contributed by atoms with E-state index < -0.39 is 0 Å². The Labute approximate surface area is 122 Å². The lowest BCUT2D eigenvalue weighted by Crippen LogP contribution is -2.39. The minimum absolute atomic E-state index is 0.360. The molecule has 1 aliphatic heterocycles. The summed E-state index contributed by atoms with van der Waals surface area (Å²) < 4.78 is 11.2. The lowest BCUT2D eigenvalue weighted by atomic mass is 10.0. The van der Waals surface area contributed by atoms with Crippen LogP contribution in [0.3, 0.4) is 0 Å². The van der Waals surface area contributed by atoms with E-state index in [1.165, 1.54) is 5.56 Å². The Bertz CT molecular complexity index is 380. The number of likely N-dealkylation sites (tertiary alicyclic amines) is 1. The van der Waals surface area contributed by atoms with E-state index in [0.717, 1.165) is 44.8 Å². The van der Waals surface area contributed by atoms with Crippen LogP contribution in [0, 0.1) is 0 Å². The molecule has 0 aliphatic carbocycles. The summed E-state index contributed by atoms with van der Waals surface area (Å²) >= 11 is 0. The molecule has 0 amide bonds. The third-order valence-electron chi connectivity index (χ3n) is 4.00. The predicted octanol–water partition coefficient (Wildman–Crippen LogP) is 3.30. The number of hydrogen-bond acceptors (Lipinski definition) is 3. The molecule has 1 heterocycles. The number of nitrogens with zero attached hydrogens (tertiary/aromatic N) is 1. The van der Waals surface area contributed by atoms with Crippen LogP contribution in [0.25, 0.3) is 0 Å². The maximum atomic E-state index is 6.08. The minimum Gasteiger partial charge on any atom is -0.490 e. The fraction of sp³-hybridized carbons (Fsp3) is 0.647. The molecule has 0 unspecified atom stereocenters. The zero-order valence-electron chi connectivity index (χ0n) is 13.0. The standard InChI is InChI=1S/C17H27NO2/c1-14(2)15-4-6-16(7-5-15)20-17-8-10-18(11-9-17)12-13-19-3/h4-7,14,17H,8-13H2,1-3H3. The topological polar surface area (TPSA) is 21.7 Å². The van der Waals surface area contributed by atoms with Crippen LogP contribution in [0.15, 0.2) is 24.3 Å². The van der Waals surface area contributed by atoms with Crippen LogP contribution >= 0.6 is 0 Å². The second-order valence-corrected chi connectivity index (χ2v) is 5.88. The predicted molar refractivity (Wildman–Crippen MR) is 82.5 cm³/mol.